The SMILES string of the molecule is CC(C)(C#N)Nc1ncc(C(C)(C)C)cn1. The summed E-state index contributed by atoms with van der Waals surface area (Å²) in [5.41, 5.74) is 0.472. The fraction of sp³-hybridized carbons (Fsp3) is 0.583. The Morgan fingerprint density at radius 3 is 2.00 bits per heavy atom. The van der Waals surface area contributed by atoms with Crippen molar-refractivity contribution in [2.45, 2.75) is 45.6 Å². The van der Waals surface area contributed by atoms with E-state index in [1.54, 1.807) is 26.2 Å². The van der Waals surface area contributed by atoms with Gasteiger partial charge in [0.15, 0.2) is 0 Å². The van der Waals surface area contributed by atoms with E-state index in [-0.39, 0.29) is 5.41 Å². The summed E-state index contributed by atoms with van der Waals surface area (Å²) in [6, 6.07) is 2.14. The standard InChI is InChI=1S/C12H18N4/c1-11(2,3)9-6-14-10(15-7-9)16-12(4,5)8-13/h6-7H,1-5H3,(H,14,15,16). The maximum atomic E-state index is 8.87. The van der Waals surface area contributed by atoms with E-state index in [9.17, 15) is 0 Å². The normalized spacial score (nSPS) is 12.0. The topological polar surface area (TPSA) is 61.6 Å². The van der Waals surface area contributed by atoms with Crippen LogP contribution in [0, 0.1) is 11.3 Å². The second kappa shape index (κ2) is 4.09. The second-order valence-corrected chi connectivity index (χ2v) is 5.41. The maximum Gasteiger partial charge on any atom is 0.223 e. The lowest BCUT2D eigenvalue weighted by molar-refractivity contribution is 0.583. The third-order valence-corrected chi connectivity index (χ3v) is 2.22. The molecule has 0 aliphatic heterocycles. The third kappa shape index (κ3) is 3.20. The van der Waals surface area contributed by atoms with Crippen molar-refractivity contribution in [2.75, 3.05) is 5.32 Å². The number of anilines is 1. The van der Waals surface area contributed by atoms with Gasteiger partial charge in [-0.1, -0.05) is 20.8 Å². The molecule has 0 radical (unpaired) electrons. The summed E-state index contributed by atoms with van der Waals surface area (Å²) in [5.74, 6) is 0.486. The predicted octanol–water partition coefficient (Wildman–Crippen LogP) is 2.49. The monoisotopic (exact) mass is 218 g/mol. The fourth-order valence-corrected chi connectivity index (χ4v) is 1.09. The lowest BCUT2D eigenvalue weighted by Gasteiger charge is -2.20. The molecular formula is C12H18N4. The number of aromatic nitrogens is 2. The van der Waals surface area contributed by atoms with Gasteiger partial charge in [0.1, 0.15) is 5.54 Å². The largest absolute Gasteiger partial charge is 0.336 e. The molecule has 1 aromatic heterocycles. The van der Waals surface area contributed by atoms with E-state index in [4.69, 9.17) is 5.26 Å². The quantitative estimate of drug-likeness (QED) is 0.828. The Labute approximate surface area is 96.7 Å². The van der Waals surface area contributed by atoms with Crippen molar-refractivity contribution in [3.63, 3.8) is 0 Å². The van der Waals surface area contributed by atoms with Gasteiger partial charge in [-0.25, -0.2) is 9.97 Å². The van der Waals surface area contributed by atoms with Crippen LogP contribution in [-0.2, 0) is 5.41 Å². The highest BCUT2D eigenvalue weighted by Crippen LogP contribution is 2.21. The number of nitrogens with zero attached hydrogens (tertiary/aromatic N) is 3. The third-order valence-electron chi connectivity index (χ3n) is 2.22. The molecule has 1 rings (SSSR count). The van der Waals surface area contributed by atoms with E-state index >= 15 is 0 Å². The molecule has 1 heterocycles. The molecule has 16 heavy (non-hydrogen) atoms. The van der Waals surface area contributed by atoms with Crippen LogP contribution >= 0.6 is 0 Å². The second-order valence-electron chi connectivity index (χ2n) is 5.41. The molecule has 0 fully saturated rings. The van der Waals surface area contributed by atoms with Gasteiger partial charge >= 0.3 is 0 Å². The molecule has 0 unspecified atom stereocenters. The van der Waals surface area contributed by atoms with Gasteiger partial charge in [0.25, 0.3) is 0 Å². The molecule has 1 N–H and O–H groups in total. The lowest BCUT2D eigenvalue weighted by Crippen LogP contribution is -2.29. The smallest absolute Gasteiger partial charge is 0.223 e. The van der Waals surface area contributed by atoms with Crippen LogP contribution in [0.1, 0.15) is 40.2 Å². The van der Waals surface area contributed by atoms with Crippen LogP contribution < -0.4 is 5.32 Å². The molecule has 0 atom stereocenters. The molecule has 0 spiro atoms. The van der Waals surface area contributed by atoms with E-state index in [2.05, 4.69) is 42.1 Å². The van der Waals surface area contributed by atoms with Crippen LogP contribution in [0.4, 0.5) is 5.95 Å². The molecule has 0 amide bonds. The zero-order valence-corrected chi connectivity index (χ0v) is 10.5. The van der Waals surface area contributed by atoms with Gasteiger partial charge in [-0.3, -0.25) is 0 Å². The Kier molecular flexibility index (Phi) is 3.18. The predicted molar refractivity (Wildman–Crippen MR) is 64.0 cm³/mol. The van der Waals surface area contributed by atoms with E-state index in [1.807, 2.05) is 0 Å². The molecule has 0 aliphatic carbocycles. The van der Waals surface area contributed by atoms with E-state index in [0.29, 0.717) is 5.95 Å². The number of rotatable bonds is 2. The molecule has 1 aromatic rings. The van der Waals surface area contributed by atoms with Crippen LogP contribution in [-0.4, -0.2) is 15.5 Å². The van der Waals surface area contributed by atoms with E-state index in [0.717, 1.165) is 5.56 Å². The Hall–Kier alpha value is -1.63. The highest BCUT2D eigenvalue weighted by Gasteiger charge is 2.18. The maximum absolute atomic E-state index is 8.87. The van der Waals surface area contributed by atoms with Crippen LogP contribution in [0.3, 0.4) is 0 Å². The summed E-state index contributed by atoms with van der Waals surface area (Å²) in [4.78, 5) is 8.41. The van der Waals surface area contributed by atoms with Crippen molar-refractivity contribution in [1.29, 1.82) is 5.26 Å². The first-order valence-electron chi connectivity index (χ1n) is 5.26. The Balaban J connectivity index is 2.85. The first-order chi connectivity index (χ1) is 7.24. The summed E-state index contributed by atoms with van der Waals surface area (Å²) >= 11 is 0. The molecule has 86 valence electrons. The first-order valence-corrected chi connectivity index (χ1v) is 5.26. The van der Waals surface area contributed by atoms with Gasteiger partial charge in [0, 0.05) is 12.4 Å². The highest BCUT2D eigenvalue weighted by molar-refractivity contribution is 5.33. The molecule has 0 bridgehead atoms. The van der Waals surface area contributed by atoms with Crippen LogP contribution in [0.2, 0.25) is 0 Å². The van der Waals surface area contributed by atoms with Crippen molar-refractivity contribution in [1.82, 2.24) is 9.97 Å². The van der Waals surface area contributed by atoms with Gasteiger partial charge in [-0.15, -0.1) is 0 Å². The molecule has 4 nitrogen and oxygen atoms in total. The van der Waals surface area contributed by atoms with Crippen molar-refractivity contribution >= 4 is 5.95 Å². The molecular weight excluding hydrogens is 200 g/mol. The van der Waals surface area contributed by atoms with Gasteiger partial charge in [0.05, 0.1) is 6.07 Å². The molecule has 0 aliphatic rings. The van der Waals surface area contributed by atoms with Crippen molar-refractivity contribution in [3.8, 4) is 6.07 Å². The van der Waals surface area contributed by atoms with Crippen LogP contribution in [0.5, 0.6) is 0 Å². The van der Waals surface area contributed by atoms with E-state index < -0.39 is 5.54 Å². The van der Waals surface area contributed by atoms with Crippen molar-refractivity contribution < 1.29 is 0 Å². The molecule has 0 aromatic carbocycles. The van der Waals surface area contributed by atoms with Gasteiger partial charge in [-0.2, -0.15) is 5.26 Å². The average molecular weight is 218 g/mol. The Morgan fingerprint density at radius 2 is 1.62 bits per heavy atom. The van der Waals surface area contributed by atoms with Gasteiger partial charge in [-0.05, 0) is 24.8 Å². The van der Waals surface area contributed by atoms with E-state index in [1.165, 1.54) is 0 Å². The summed E-state index contributed by atoms with van der Waals surface area (Å²) in [6.45, 7) is 9.90. The molecule has 4 heteroatoms. The Bertz CT molecular complexity index is 393. The number of nitrogens with one attached hydrogen (secondary N) is 1. The summed E-state index contributed by atoms with van der Waals surface area (Å²) in [7, 11) is 0. The average Bonchev–Trinajstić information content (AvgIpc) is 2.16. The summed E-state index contributed by atoms with van der Waals surface area (Å²) < 4.78 is 0. The first kappa shape index (κ1) is 12.4. The zero-order chi connectivity index (χ0) is 12.4. The van der Waals surface area contributed by atoms with Gasteiger partial charge in [0.2, 0.25) is 5.95 Å². The number of hydrogen-bond acceptors (Lipinski definition) is 4. The Morgan fingerprint density at radius 1 is 1.12 bits per heavy atom. The minimum atomic E-state index is -0.650. The minimum Gasteiger partial charge on any atom is -0.336 e. The number of hydrogen-bond donors (Lipinski definition) is 1. The van der Waals surface area contributed by atoms with Crippen LogP contribution in [0.15, 0.2) is 12.4 Å². The van der Waals surface area contributed by atoms with Crippen LogP contribution in [0.25, 0.3) is 0 Å². The summed E-state index contributed by atoms with van der Waals surface area (Å²) in [6.07, 6.45) is 3.59. The number of nitriles is 1. The zero-order valence-electron chi connectivity index (χ0n) is 10.5. The van der Waals surface area contributed by atoms with Crippen molar-refractivity contribution in [2.24, 2.45) is 0 Å². The fourth-order valence-electron chi connectivity index (χ4n) is 1.09. The molecule has 0 saturated heterocycles. The van der Waals surface area contributed by atoms with Gasteiger partial charge < -0.3 is 5.32 Å². The lowest BCUT2D eigenvalue weighted by atomic mass is 9.89. The van der Waals surface area contributed by atoms with Crippen molar-refractivity contribution in [3.05, 3.63) is 18.0 Å². The highest BCUT2D eigenvalue weighted by atomic mass is 15.1. The minimum absolute atomic E-state index is 0.0449. The summed E-state index contributed by atoms with van der Waals surface area (Å²) in [5, 5.41) is 11.8. The molecule has 0 saturated carbocycles.